The van der Waals surface area contributed by atoms with Gasteiger partial charge in [0.05, 0.1) is 23.8 Å². The fourth-order valence-corrected chi connectivity index (χ4v) is 6.22. The molecule has 2 fully saturated rings. The fourth-order valence-electron chi connectivity index (χ4n) is 5.23. The molecule has 1 atom stereocenters. The Balaban J connectivity index is 0.00000132. The van der Waals surface area contributed by atoms with Crippen LogP contribution in [0.4, 0.5) is 13.2 Å². The number of hydrazine groups is 1. The lowest BCUT2D eigenvalue weighted by Crippen LogP contribution is -2.43. The molecule has 3 nitrogen and oxygen atoms in total. The molecule has 2 saturated carbocycles. The molecule has 4 rings (SSSR count). The summed E-state index contributed by atoms with van der Waals surface area (Å²) in [6.45, 7) is 4.54. The lowest BCUT2D eigenvalue weighted by atomic mass is 9.88. The summed E-state index contributed by atoms with van der Waals surface area (Å²) in [5.74, 6) is 0. The van der Waals surface area contributed by atoms with E-state index in [1.165, 1.54) is 74.1 Å². The molecule has 0 bridgehead atoms. The molecule has 2 heterocycles. The first-order chi connectivity index (χ1) is 15.0. The molecule has 0 radical (unpaired) electrons. The third kappa shape index (κ3) is 5.67. The van der Waals surface area contributed by atoms with Gasteiger partial charge in [0, 0.05) is 29.7 Å². The summed E-state index contributed by atoms with van der Waals surface area (Å²) in [6, 6.07) is 5.23. The minimum absolute atomic E-state index is 0.0508. The summed E-state index contributed by atoms with van der Waals surface area (Å²) in [5.41, 5.74) is 4.33. The van der Waals surface area contributed by atoms with Crippen molar-refractivity contribution in [1.82, 2.24) is 15.3 Å². The Morgan fingerprint density at radius 1 is 1.03 bits per heavy atom. The first-order valence-electron chi connectivity index (χ1n) is 11.5. The van der Waals surface area contributed by atoms with Gasteiger partial charge in [-0.25, -0.2) is 14.2 Å². The van der Waals surface area contributed by atoms with Crippen LogP contribution in [0.5, 0.6) is 0 Å². The Hall–Kier alpha value is -1.47. The molecule has 0 saturated heterocycles. The van der Waals surface area contributed by atoms with Crippen LogP contribution in [0.3, 0.4) is 0 Å². The van der Waals surface area contributed by atoms with E-state index in [1.54, 1.807) is 24.5 Å². The van der Waals surface area contributed by atoms with Crippen LogP contribution in [0.2, 0.25) is 0 Å². The predicted octanol–water partition coefficient (Wildman–Crippen LogP) is 6.91. The number of hydrogen-bond acceptors (Lipinski definition) is 4. The highest BCUT2D eigenvalue weighted by Gasteiger charge is 2.32. The Bertz CT molecular complexity index is 718. The standard InChI is InChI=1S/C23H33F2N3S.CH3F/c1-16(28(17-9-5-3-6-10-17)18-11-7-4-8-12-18)21-13-14-22(29-21)19-15-20(23(24)25)27(2)26-19;1-2/h13-15,17-19,23,26H,1,3-12H2,2H3;1H3. The highest BCUT2D eigenvalue weighted by atomic mass is 32.1. The molecule has 174 valence electrons. The summed E-state index contributed by atoms with van der Waals surface area (Å²) >= 11 is 1.69. The summed E-state index contributed by atoms with van der Waals surface area (Å²) in [7, 11) is 2.15. The molecule has 1 aromatic heterocycles. The summed E-state index contributed by atoms with van der Waals surface area (Å²) in [4.78, 5) is 4.90. The lowest BCUT2D eigenvalue weighted by molar-refractivity contribution is 0.139. The smallest absolute Gasteiger partial charge is 0.279 e. The molecule has 2 aliphatic carbocycles. The minimum Gasteiger partial charge on any atom is -0.365 e. The summed E-state index contributed by atoms with van der Waals surface area (Å²) in [5, 5.41) is 1.44. The molecule has 31 heavy (non-hydrogen) atoms. The van der Waals surface area contributed by atoms with E-state index in [4.69, 9.17) is 0 Å². The number of nitrogens with one attached hydrogen (secondary N) is 1. The number of thiophene rings is 1. The Morgan fingerprint density at radius 2 is 1.58 bits per heavy atom. The van der Waals surface area contributed by atoms with Gasteiger partial charge in [0.2, 0.25) is 0 Å². The van der Waals surface area contributed by atoms with Crippen molar-refractivity contribution in [1.29, 1.82) is 0 Å². The van der Waals surface area contributed by atoms with Crippen molar-refractivity contribution < 1.29 is 13.2 Å². The molecule has 0 aromatic carbocycles. The van der Waals surface area contributed by atoms with E-state index in [1.807, 2.05) is 0 Å². The van der Waals surface area contributed by atoms with Crippen LogP contribution in [0.1, 0.15) is 80.0 Å². The van der Waals surface area contributed by atoms with Crippen LogP contribution in [0.25, 0.3) is 5.70 Å². The number of hydrogen-bond donors (Lipinski definition) is 1. The number of allylic oxidation sites excluding steroid dienone is 1. The molecule has 1 aliphatic heterocycles. The van der Waals surface area contributed by atoms with E-state index >= 15 is 0 Å². The van der Waals surface area contributed by atoms with Gasteiger partial charge in [-0.15, -0.1) is 11.3 Å². The van der Waals surface area contributed by atoms with Crippen molar-refractivity contribution in [3.05, 3.63) is 40.2 Å². The third-order valence-corrected chi connectivity index (χ3v) is 7.96. The van der Waals surface area contributed by atoms with E-state index in [0.717, 1.165) is 10.6 Å². The quantitative estimate of drug-likeness (QED) is 0.503. The van der Waals surface area contributed by atoms with Crippen molar-refractivity contribution in [3.63, 3.8) is 0 Å². The summed E-state index contributed by atoms with van der Waals surface area (Å²) < 4.78 is 35.8. The van der Waals surface area contributed by atoms with E-state index in [9.17, 15) is 13.2 Å². The zero-order valence-corrected chi connectivity index (χ0v) is 19.6. The number of rotatable bonds is 6. The second-order valence-corrected chi connectivity index (χ2v) is 9.81. The van der Waals surface area contributed by atoms with Crippen LogP contribution >= 0.6 is 11.3 Å². The van der Waals surface area contributed by atoms with Crippen molar-refractivity contribution in [3.8, 4) is 0 Å². The van der Waals surface area contributed by atoms with Crippen LogP contribution in [-0.2, 0) is 0 Å². The Kier molecular flexibility index (Phi) is 8.90. The highest BCUT2D eigenvalue weighted by molar-refractivity contribution is 7.13. The zero-order chi connectivity index (χ0) is 22.4. The van der Waals surface area contributed by atoms with Gasteiger partial charge in [0.15, 0.2) is 0 Å². The second kappa shape index (κ2) is 11.4. The first kappa shape index (κ1) is 24.2. The number of alkyl halides is 3. The molecule has 1 N–H and O–H groups in total. The maximum absolute atomic E-state index is 13.2. The molecule has 0 amide bonds. The van der Waals surface area contributed by atoms with Gasteiger partial charge in [-0.2, -0.15) is 0 Å². The third-order valence-electron chi connectivity index (χ3n) is 6.75. The molecule has 7 heteroatoms. The average molecular weight is 456 g/mol. The molecular formula is C24H36F3N3S. The van der Waals surface area contributed by atoms with E-state index < -0.39 is 6.43 Å². The average Bonchev–Trinajstić information content (AvgIpc) is 3.44. The zero-order valence-electron chi connectivity index (χ0n) is 18.8. The molecular weight excluding hydrogens is 419 g/mol. The van der Waals surface area contributed by atoms with Gasteiger partial charge >= 0.3 is 0 Å². The molecule has 1 aromatic rings. The van der Waals surface area contributed by atoms with Gasteiger partial charge in [-0.1, -0.05) is 45.1 Å². The maximum Gasteiger partial charge on any atom is 0.279 e. The Morgan fingerprint density at radius 3 is 2.06 bits per heavy atom. The maximum atomic E-state index is 13.2. The Labute approximate surface area is 189 Å². The van der Waals surface area contributed by atoms with Crippen LogP contribution in [-0.4, -0.2) is 42.6 Å². The largest absolute Gasteiger partial charge is 0.365 e. The van der Waals surface area contributed by atoms with Gasteiger partial charge < -0.3 is 9.91 Å². The highest BCUT2D eigenvalue weighted by Crippen LogP contribution is 2.39. The topological polar surface area (TPSA) is 18.5 Å². The van der Waals surface area contributed by atoms with Crippen molar-refractivity contribution in [2.24, 2.45) is 0 Å². The normalized spacial score (nSPS) is 22.8. The van der Waals surface area contributed by atoms with Crippen molar-refractivity contribution >= 4 is 17.0 Å². The van der Waals surface area contributed by atoms with Gasteiger partial charge in [0.1, 0.15) is 0 Å². The minimum atomic E-state index is -2.46. The predicted molar refractivity (Wildman–Crippen MR) is 124 cm³/mol. The monoisotopic (exact) mass is 455 g/mol. The molecule has 3 aliphatic rings. The number of nitrogens with zero attached hydrogens (tertiary/aromatic N) is 2. The van der Waals surface area contributed by atoms with E-state index in [2.05, 4.69) is 29.0 Å². The van der Waals surface area contributed by atoms with Gasteiger partial charge in [-0.05, 0) is 43.9 Å². The fraction of sp³-hybridized carbons (Fsp3) is 0.667. The first-order valence-corrected chi connectivity index (χ1v) is 12.3. The lowest BCUT2D eigenvalue weighted by Gasteiger charge is -2.44. The van der Waals surface area contributed by atoms with E-state index in [0.29, 0.717) is 19.3 Å². The SMILES string of the molecule is C=C(c1ccc(C2C=C(C(F)F)N(C)N2)s1)N(C1CCCCC1)C1CCCCC1.CF. The molecule has 1 unspecified atom stereocenters. The molecule has 0 spiro atoms. The van der Waals surface area contributed by atoms with Gasteiger partial charge in [-0.3, -0.25) is 4.39 Å². The number of halogens is 3. The van der Waals surface area contributed by atoms with Crippen LogP contribution in [0.15, 0.2) is 30.5 Å². The van der Waals surface area contributed by atoms with Crippen LogP contribution < -0.4 is 5.43 Å². The van der Waals surface area contributed by atoms with E-state index in [-0.39, 0.29) is 11.7 Å². The van der Waals surface area contributed by atoms with Crippen molar-refractivity contribution in [2.75, 3.05) is 14.2 Å². The van der Waals surface area contributed by atoms with Crippen molar-refractivity contribution in [2.45, 2.75) is 88.8 Å². The van der Waals surface area contributed by atoms with Crippen LogP contribution in [0, 0.1) is 0 Å². The summed E-state index contributed by atoms with van der Waals surface area (Å²) in [6.07, 6.45) is 12.2. The second-order valence-electron chi connectivity index (χ2n) is 8.70. The van der Waals surface area contributed by atoms with Gasteiger partial charge in [0.25, 0.3) is 6.43 Å².